The molecule has 208 valence electrons. The van der Waals surface area contributed by atoms with Gasteiger partial charge in [-0.15, -0.1) is 0 Å². The predicted molar refractivity (Wildman–Crippen MR) is 156 cm³/mol. The van der Waals surface area contributed by atoms with E-state index in [4.69, 9.17) is 0 Å². The van der Waals surface area contributed by atoms with E-state index >= 15 is 0 Å². The first-order valence-corrected chi connectivity index (χ1v) is 14.8. The van der Waals surface area contributed by atoms with E-state index in [1.54, 1.807) is 36.4 Å². The van der Waals surface area contributed by atoms with Crippen LogP contribution in [0, 0.1) is 20.8 Å². The number of hydrogen-bond donors (Lipinski definition) is 1. The van der Waals surface area contributed by atoms with Crippen LogP contribution < -0.4 is 9.62 Å². The summed E-state index contributed by atoms with van der Waals surface area (Å²) in [6.07, 6.45) is 1.16. The molecular weight excluding hydrogens is 510 g/mol. The molecule has 0 aliphatic heterocycles. The Morgan fingerprint density at radius 1 is 0.872 bits per heavy atom. The molecule has 2 amide bonds. The fraction of sp³-hybridized carbons (Fsp3) is 0.355. The highest BCUT2D eigenvalue weighted by molar-refractivity contribution is 7.92. The Morgan fingerprint density at radius 3 is 2.15 bits per heavy atom. The third-order valence-electron chi connectivity index (χ3n) is 6.86. The third-order valence-corrected chi connectivity index (χ3v) is 8.64. The van der Waals surface area contributed by atoms with Gasteiger partial charge in [-0.2, -0.15) is 0 Å². The third kappa shape index (κ3) is 7.26. The lowest BCUT2D eigenvalue weighted by molar-refractivity contribution is -0.140. The maximum atomic E-state index is 14.1. The summed E-state index contributed by atoms with van der Waals surface area (Å²) in [6, 6.07) is 20.7. The zero-order valence-corrected chi connectivity index (χ0v) is 24.3. The number of aryl methyl sites for hydroxylation is 2. The van der Waals surface area contributed by atoms with Gasteiger partial charge in [0, 0.05) is 13.1 Å². The molecule has 0 aliphatic carbocycles. The molecule has 39 heavy (non-hydrogen) atoms. The van der Waals surface area contributed by atoms with E-state index in [1.807, 2.05) is 71.0 Å². The van der Waals surface area contributed by atoms with E-state index in [0.29, 0.717) is 18.7 Å². The summed E-state index contributed by atoms with van der Waals surface area (Å²) >= 11 is 0. The number of carbonyl (C=O) groups is 2. The SMILES string of the molecule is CCCNC(=O)C(CC)N(Cc1ccccc1)C(=O)CN(c1cccc(C)c1C)S(=O)(=O)c1ccc(C)cc1. The van der Waals surface area contributed by atoms with E-state index in [-0.39, 0.29) is 17.3 Å². The van der Waals surface area contributed by atoms with Gasteiger partial charge in [0.25, 0.3) is 10.0 Å². The summed E-state index contributed by atoms with van der Waals surface area (Å²) in [4.78, 5) is 28.8. The molecule has 0 aliphatic rings. The van der Waals surface area contributed by atoms with Crippen LogP contribution in [0.3, 0.4) is 0 Å². The zero-order valence-electron chi connectivity index (χ0n) is 23.5. The average molecular weight is 550 g/mol. The molecule has 3 aromatic rings. The number of rotatable bonds is 12. The molecule has 0 radical (unpaired) electrons. The van der Waals surface area contributed by atoms with Gasteiger partial charge in [0.05, 0.1) is 10.6 Å². The average Bonchev–Trinajstić information content (AvgIpc) is 2.92. The molecule has 0 spiro atoms. The molecule has 1 unspecified atom stereocenters. The second-order valence-electron chi connectivity index (χ2n) is 9.77. The summed E-state index contributed by atoms with van der Waals surface area (Å²) in [5, 5.41) is 2.90. The highest BCUT2D eigenvalue weighted by atomic mass is 32.2. The minimum atomic E-state index is -4.09. The molecule has 0 fully saturated rings. The molecule has 0 bridgehead atoms. The largest absolute Gasteiger partial charge is 0.354 e. The predicted octanol–water partition coefficient (Wildman–Crippen LogP) is 5.14. The first-order valence-electron chi connectivity index (χ1n) is 13.4. The highest BCUT2D eigenvalue weighted by Gasteiger charge is 2.34. The molecule has 1 N–H and O–H groups in total. The lowest BCUT2D eigenvalue weighted by Crippen LogP contribution is -2.52. The van der Waals surface area contributed by atoms with E-state index in [1.165, 1.54) is 9.21 Å². The molecule has 3 aromatic carbocycles. The standard InChI is InChI=1S/C31H39N3O4S/c1-6-20-32-31(36)28(7-2)33(21-26-13-9-8-10-14-26)30(35)22-34(29-15-11-12-24(4)25(29)5)39(37,38)27-18-16-23(3)17-19-27/h8-19,28H,6-7,20-22H2,1-5H3,(H,32,36). The number of hydrogen-bond acceptors (Lipinski definition) is 4. The van der Waals surface area contributed by atoms with Gasteiger partial charge in [-0.3, -0.25) is 13.9 Å². The molecule has 8 heteroatoms. The van der Waals surface area contributed by atoms with Gasteiger partial charge >= 0.3 is 0 Å². The Hall–Kier alpha value is -3.65. The van der Waals surface area contributed by atoms with Crippen molar-refractivity contribution < 1.29 is 18.0 Å². The van der Waals surface area contributed by atoms with Gasteiger partial charge in [-0.25, -0.2) is 8.42 Å². The molecule has 0 saturated carbocycles. The maximum Gasteiger partial charge on any atom is 0.264 e. The number of nitrogens with one attached hydrogen (secondary N) is 1. The number of amides is 2. The second kappa shape index (κ2) is 13.4. The zero-order chi connectivity index (χ0) is 28.6. The van der Waals surface area contributed by atoms with Crippen LogP contribution in [-0.2, 0) is 26.2 Å². The maximum absolute atomic E-state index is 14.1. The Kier molecular flexibility index (Phi) is 10.3. The summed E-state index contributed by atoms with van der Waals surface area (Å²) in [7, 11) is -4.09. The molecule has 0 heterocycles. The van der Waals surface area contributed by atoms with Gasteiger partial charge in [-0.05, 0) is 68.5 Å². The summed E-state index contributed by atoms with van der Waals surface area (Å²) in [5.41, 5.74) is 3.90. The van der Waals surface area contributed by atoms with Crippen LogP contribution in [0.25, 0.3) is 0 Å². The second-order valence-corrected chi connectivity index (χ2v) is 11.6. The van der Waals surface area contributed by atoms with E-state index < -0.39 is 28.5 Å². The van der Waals surface area contributed by atoms with Crippen molar-refractivity contribution in [1.29, 1.82) is 0 Å². The summed E-state index contributed by atoms with van der Waals surface area (Å²) in [5.74, 6) is -0.697. The molecule has 0 saturated heterocycles. The number of nitrogens with zero attached hydrogens (tertiary/aromatic N) is 2. The van der Waals surface area contributed by atoms with Crippen molar-refractivity contribution in [3.8, 4) is 0 Å². The van der Waals surface area contributed by atoms with E-state index in [9.17, 15) is 18.0 Å². The number of anilines is 1. The van der Waals surface area contributed by atoms with Crippen LogP contribution in [-0.4, -0.2) is 44.3 Å². The van der Waals surface area contributed by atoms with Crippen molar-refractivity contribution in [2.24, 2.45) is 0 Å². The van der Waals surface area contributed by atoms with Crippen LogP contribution in [0.1, 0.15) is 48.9 Å². The number of sulfonamides is 1. The van der Waals surface area contributed by atoms with Crippen LogP contribution in [0.15, 0.2) is 77.7 Å². The van der Waals surface area contributed by atoms with Crippen LogP contribution in [0.2, 0.25) is 0 Å². The molecule has 0 aromatic heterocycles. The van der Waals surface area contributed by atoms with Gasteiger partial charge < -0.3 is 10.2 Å². The van der Waals surface area contributed by atoms with Gasteiger partial charge in [0.15, 0.2) is 0 Å². The van der Waals surface area contributed by atoms with Crippen molar-refractivity contribution >= 4 is 27.5 Å². The molecule has 7 nitrogen and oxygen atoms in total. The van der Waals surface area contributed by atoms with Crippen molar-refractivity contribution in [2.45, 2.75) is 64.9 Å². The molecule has 1 atom stereocenters. The van der Waals surface area contributed by atoms with Gasteiger partial charge in [0.2, 0.25) is 11.8 Å². The van der Waals surface area contributed by atoms with Crippen LogP contribution in [0.4, 0.5) is 5.69 Å². The fourth-order valence-corrected chi connectivity index (χ4v) is 5.89. The van der Waals surface area contributed by atoms with Crippen molar-refractivity contribution in [2.75, 3.05) is 17.4 Å². The Bertz CT molecular complexity index is 1370. The minimum Gasteiger partial charge on any atom is -0.354 e. The normalized spacial score (nSPS) is 12.0. The quantitative estimate of drug-likeness (QED) is 0.339. The minimum absolute atomic E-state index is 0.101. The lowest BCUT2D eigenvalue weighted by Gasteiger charge is -2.33. The fourth-order valence-electron chi connectivity index (χ4n) is 4.42. The van der Waals surface area contributed by atoms with Crippen LogP contribution in [0.5, 0.6) is 0 Å². The Morgan fingerprint density at radius 2 is 1.54 bits per heavy atom. The number of carbonyl (C=O) groups excluding carboxylic acids is 2. The topological polar surface area (TPSA) is 86.8 Å². The monoisotopic (exact) mass is 549 g/mol. The van der Waals surface area contributed by atoms with Crippen molar-refractivity contribution in [1.82, 2.24) is 10.2 Å². The van der Waals surface area contributed by atoms with E-state index in [0.717, 1.165) is 28.7 Å². The smallest absolute Gasteiger partial charge is 0.264 e. The first kappa shape index (κ1) is 29.9. The van der Waals surface area contributed by atoms with E-state index in [2.05, 4.69) is 5.32 Å². The lowest BCUT2D eigenvalue weighted by atomic mass is 10.1. The Labute approximate surface area is 232 Å². The molecular formula is C31H39N3O4S. The Balaban J connectivity index is 2.08. The summed E-state index contributed by atoms with van der Waals surface area (Å²) < 4.78 is 29.2. The van der Waals surface area contributed by atoms with Crippen LogP contribution >= 0.6 is 0 Å². The summed E-state index contributed by atoms with van der Waals surface area (Å²) in [6.45, 7) is 9.70. The van der Waals surface area contributed by atoms with Gasteiger partial charge in [-0.1, -0.05) is 74.0 Å². The highest BCUT2D eigenvalue weighted by Crippen LogP contribution is 2.29. The van der Waals surface area contributed by atoms with Crippen molar-refractivity contribution in [3.63, 3.8) is 0 Å². The number of benzene rings is 3. The van der Waals surface area contributed by atoms with Gasteiger partial charge in [0.1, 0.15) is 12.6 Å². The molecule has 3 rings (SSSR count). The van der Waals surface area contributed by atoms with Crippen molar-refractivity contribution in [3.05, 3.63) is 95.1 Å². The first-order chi connectivity index (χ1) is 18.6.